The summed E-state index contributed by atoms with van der Waals surface area (Å²) in [6.07, 6.45) is 2.81. The van der Waals surface area contributed by atoms with Gasteiger partial charge < -0.3 is 11.7 Å². The van der Waals surface area contributed by atoms with Crippen molar-refractivity contribution in [2.75, 3.05) is 7.05 Å². The molecule has 9 heavy (non-hydrogen) atoms. The fourth-order valence-corrected chi connectivity index (χ4v) is 0.723. The van der Waals surface area contributed by atoms with Crippen LogP contribution in [0.3, 0.4) is 0 Å². The van der Waals surface area contributed by atoms with Crippen molar-refractivity contribution in [2.45, 2.75) is 26.3 Å². The van der Waals surface area contributed by atoms with Crippen molar-refractivity contribution in [2.24, 2.45) is 0 Å². The Hall–Kier alpha value is -0.370. The van der Waals surface area contributed by atoms with Gasteiger partial charge in [0.25, 0.3) is 0 Å². The van der Waals surface area contributed by atoms with Gasteiger partial charge in [0.2, 0.25) is 0 Å². The Morgan fingerprint density at radius 2 is 2.33 bits per heavy atom. The molecule has 0 aromatic heterocycles. The fourth-order valence-electron chi connectivity index (χ4n) is 0.723. The van der Waals surface area contributed by atoms with E-state index in [4.69, 9.17) is 0 Å². The van der Waals surface area contributed by atoms with Gasteiger partial charge in [0.05, 0.1) is 0 Å². The molecule has 0 saturated heterocycles. The van der Waals surface area contributed by atoms with Gasteiger partial charge in [-0.05, 0) is 14.0 Å². The van der Waals surface area contributed by atoms with Crippen molar-refractivity contribution in [3.8, 4) is 0 Å². The summed E-state index contributed by atoms with van der Waals surface area (Å²) >= 11 is 0. The molecule has 0 aromatic rings. The van der Waals surface area contributed by atoms with Gasteiger partial charge in [-0.3, -0.25) is 4.79 Å². The van der Waals surface area contributed by atoms with Crippen LogP contribution < -0.4 is 5.32 Å². The van der Waals surface area contributed by atoms with Crippen LogP contribution in [-0.4, -0.2) is 18.9 Å². The molecule has 0 aliphatic heterocycles. The van der Waals surface area contributed by atoms with Crippen LogP contribution in [0.25, 0.3) is 0 Å². The number of Topliss-reactive ketones (excluding diaryl/α,β-unsaturated/α-hetero) is 1. The largest absolute Gasteiger partial charge is 0.330 e. The van der Waals surface area contributed by atoms with E-state index in [0.29, 0.717) is 0 Å². The van der Waals surface area contributed by atoms with Crippen molar-refractivity contribution in [3.05, 3.63) is 6.42 Å². The first-order valence-electron chi connectivity index (χ1n) is 3.18. The number of nitrogens with one attached hydrogen (secondary N) is 1. The first-order valence-corrected chi connectivity index (χ1v) is 3.18. The Balaban J connectivity index is 3.54. The summed E-state index contributed by atoms with van der Waals surface area (Å²) in [5.74, 6) is 0.204. The summed E-state index contributed by atoms with van der Waals surface area (Å²) in [4.78, 5) is 10.7. The highest BCUT2D eigenvalue weighted by Crippen LogP contribution is 1.94. The number of carbonyl (C=O) groups is 1. The molecule has 0 aromatic carbocycles. The van der Waals surface area contributed by atoms with E-state index in [-0.39, 0.29) is 11.8 Å². The molecule has 0 aliphatic carbocycles. The lowest BCUT2D eigenvalue weighted by Gasteiger charge is -2.15. The van der Waals surface area contributed by atoms with Gasteiger partial charge in [-0.15, -0.1) is 0 Å². The third kappa shape index (κ3) is 3.25. The van der Waals surface area contributed by atoms with Gasteiger partial charge in [-0.25, -0.2) is 0 Å². The van der Waals surface area contributed by atoms with E-state index < -0.39 is 0 Å². The molecule has 1 unspecified atom stereocenters. The van der Waals surface area contributed by atoms with Crippen molar-refractivity contribution < 1.29 is 4.79 Å². The van der Waals surface area contributed by atoms with E-state index in [1.54, 1.807) is 14.0 Å². The van der Waals surface area contributed by atoms with Gasteiger partial charge in [-0.1, -0.05) is 0 Å². The first kappa shape index (κ1) is 8.63. The molecule has 0 amide bonds. The third-order valence-electron chi connectivity index (χ3n) is 1.31. The maximum atomic E-state index is 10.7. The minimum Gasteiger partial charge on any atom is -0.330 e. The lowest BCUT2D eigenvalue weighted by molar-refractivity contribution is -0.118. The average molecular weight is 128 g/mol. The summed E-state index contributed by atoms with van der Waals surface area (Å²) in [6.45, 7) is 3.55. The molecular weight excluding hydrogens is 114 g/mol. The Morgan fingerprint density at radius 3 is 2.44 bits per heavy atom. The van der Waals surface area contributed by atoms with Crippen LogP contribution in [0.2, 0.25) is 0 Å². The van der Waals surface area contributed by atoms with Gasteiger partial charge in [-0.2, -0.15) is 13.3 Å². The number of likely N-dealkylation sites (N-methyl/N-ethyl adjacent to an activating group) is 1. The second-order valence-electron chi connectivity index (χ2n) is 2.10. The van der Waals surface area contributed by atoms with Crippen LogP contribution in [0, 0.1) is 6.42 Å². The van der Waals surface area contributed by atoms with E-state index in [1.165, 1.54) is 0 Å². The van der Waals surface area contributed by atoms with Crippen LogP contribution in [0.1, 0.15) is 20.3 Å². The Labute approximate surface area is 56.6 Å². The Bertz CT molecular complexity index is 90.9. The first-order chi connectivity index (χ1) is 4.22. The second-order valence-corrected chi connectivity index (χ2v) is 2.10. The van der Waals surface area contributed by atoms with E-state index >= 15 is 0 Å². The molecule has 0 spiro atoms. The van der Waals surface area contributed by atoms with E-state index in [9.17, 15) is 4.79 Å². The van der Waals surface area contributed by atoms with Crippen molar-refractivity contribution in [1.29, 1.82) is 0 Å². The standard InChI is InChI=1S/C7H14NO/c1-4-5-7(8-3)6(2)9/h4,7-8H,5H2,1-3H3/q-1. The predicted molar refractivity (Wildman–Crippen MR) is 38.1 cm³/mol. The highest BCUT2D eigenvalue weighted by Gasteiger charge is 2.03. The quantitative estimate of drug-likeness (QED) is 0.567. The van der Waals surface area contributed by atoms with E-state index in [2.05, 4.69) is 5.32 Å². The number of carbonyl (C=O) groups excluding carboxylic acids is 1. The number of rotatable bonds is 4. The third-order valence-corrected chi connectivity index (χ3v) is 1.31. The number of hydrogen-bond donors (Lipinski definition) is 1. The van der Waals surface area contributed by atoms with Crippen LogP contribution in [-0.2, 0) is 4.79 Å². The predicted octanol–water partition coefficient (Wildman–Crippen LogP) is 0.778. The molecule has 2 heteroatoms. The molecule has 0 fully saturated rings. The van der Waals surface area contributed by atoms with Crippen molar-refractivity contribution >= 4 is 5.78 Å². The number of ketones is 1. The van der Waals surface area contributed by atoms with Crippen LogP contribution in [0.15, 0.2) is 0 Å². The fraction of sp³-hybridized carbons (Fsp3) is 0.714. The summed E-state index contributed by atoms with van der Waals surface area (Å²) in [5.41, 5.74) is 0. The highest BCUT2D eigenvalue weighted by molar-refractivity contribution is 5.81. The van der Waals surface area contributed by atoms with Crippen molar-refractivity contribution in [1.82, 2.24) is 5.32 Å². The van der Waals surface area contributed by atoms with Gasteiger partial charge in [0, 0.05) is 6.04 Å². The molecule has 54 valence electrons. The van der Waals surface area contributed by atoms with Gasteiger partial charge >= 0.3 is 0 Å². The molecular formula is C7H14NO-. The molecule has 0 saturated carbocycles. The summed E-state index contributed by atoms with van der Waals surface area (Å²) in [7, 11) is 1.80. The lowest BCUT2D eigenvalue weighted by atomic mass is 10.1. The monoisotopic (exact) mass is 128 g/mol. The van der Waals surface area contributed by atoms with Gasteiger partial charge in [0.1, 0.15) is 5.78 Å². The minimum absolute atomic E-state index is 0.0231. The second kappa shape index (κ2) is 4.50. The topological polar surface area (TPSA) is 29.1 Å². The van der Waals surface area contributed by atoms with Gasteiger partial charge in [0.15, 0.2) is 0 Å². The van der Waals surface area contributed by atoms with E-state index in [0.717, 1.165) is 6.42 Å². The van der Waals surface area contributed by atoms with Crippen LogP contribution in [0.5, 0.6) is 0 Å². The summed E-state index contributed by atoms with van der Waals surface area (Å²) in [6, 6.07) is 0.0231. The zero-order chi connectivity index (χ0) is 7.28. The maximum absolute atomic E-state index is 10.7. The molecule has 0 radical (unpaired) electrons. The molecule has 0 bridgehead atoms. The summed E-state index contributed by atoms with van der Waals surface area (Å²) in [5, 5.41) is 2.92. The molecule has 2 nitrogen and oxygen atoms in total. The molecule has 1 atom stereocenters. The lowest BCUT2D eigenvalue weighted by Crippen LogP contribution is -2.31. The van der Waals surface area contributed by atoms with Crippen LogP contribution >= 0.6 is 0 Å². The average Bonchev–Trinajstić information content (AvgIpc) is 1.82. The van der Waals surface area contributed by atoms with Crippen molar-refractivity contribution in [3.63, 3.8) is 0 Å². The number of hydrogen-bond acceptors (Lipinski definition) is 2. The summed E-state index contributed by atoms with van der Waals surface area (Å²) < 4.78 is 0. The smallest absolute Gasteiger partial charge is 0.144 e. The van der Waals surface area contributed by atoms with E-state index in [1.807, 2.05) is 13.3 Å². The Kier molecular flexibility index (Phi) is 4.32. The highest BCUT2D eigenvalue weighted by atomic mass is 16.1. The van der Waals surface area contributed by atoms with Crippen LogP contribution in [0.4, 0.5) is 0 Å². The normalized spacial score (nSPS) is 13.2. The minimum atomic E-state index is 0.0231. The zero-order valence-electron chi connectivity index (χ0n) is 6.27. The zero-order valence-corrected chi connectivity index (χ0v) is 6.27. The molecule has 0 heterocycles. The molecule has 0 aliphatic rings. The molecule has 0 rings (SSSR count). The Morgan fingerprint density at radius 1 is 1.78 bits per heavy atom. The maximum Gasteiger partial charge on any atom is 0.144 e. The SMILES string of the molecule is C[CH-]CC(NC)C(C)=O. The molecule has 1 N–H and O–H groups in total.